The van der Waals surface area contributed by atoms with E-state index in [1.54, 1.807) is 38.3 Å². The standard InChI is InChI=1S/C21H26ClNO5/c1-13-9-19(15(3)23(13)14(2)11-26-5)20(24)12-27-21(25)16(4)28-18-8-6-7-17(22)10-18/h6-10,14,16H,11-12H2,1-5H3. The summed E-state index contributed by atoms with van der Waals surface area (Å²) >= 11 is 5.90. The molecular formula is C21H26ClNO5. The Bertz CT molecular complexity index is 845. The third-order valence-corrected chi connectivity index (χ3v) is 4.65. The Morgan fingerprint density at radius 2 is 1.89 bits per heavy atom. The van der Waals surface area contributed by atoms with E-state index in [0.717, 1.165) is 11.4 Å². The molecule has 0 N–H and O–H groups in total. The predicted molar refractivity (Wildman–Crippen MR) is 107 cm³/mol. The molecule has 0 aliphatic heterocycles. The topological polar surface area (TPSA) is 66.8 Å². The summed E-state index contributed by atoms with van der Waals surface area (Å²) in [5.74, 6) is -0.416. The van der Waals surface area contributed by atoms with Gasteiger partial charge in [0, 0.05) is 29.1 Å². The summed E-state index contributed by atoms with van der Waals surface area (Å²) in [6.45, 7) is 7.59. The summed E-state index contributed by atoms with van der Waals surface area (Å²) in [5.41, 5.74) is 2.32. The number of ketones is 1. The predicted octanol–water partition coefficient (Wildman–Crippen LogP) is 4.16. The van der Waals surface area contributed by atoms with Crippen molar-refractivity contribution in [3.05, 3.63) is 52.3 Å². The van der Waals surface area contributed by atoms with Crippen molar-refractivity contribution < 1.29 is 23.8 Å². The minimum Gasteiger partial charge on any atom is -0.479 e. The first-order valence-electron chi connectivity index (χ1n) is 9.04. The Hall–Kier alpha value is -2.31. The van der Waals surface area contributed by atoms with Crippen LogP contribution in [0.3, 0.4) is 0 Å². The molecule has 0 aliphatic carbocycles. The second-order valence-corrected chi connectivity index (χ2v) is 7.14. The second-order valence-electron chi connectivity index (χ2n) is 6.71. The average molecular weight is 408 g/mol. The van der Waals surface area contributed by atoms with E-state index in [4.69, 9.17) is 25.8 Å². The number of methoxy groups -OCH3 is 1. The van der Waals surface area contributed by atoms with Gasteiger partial charge in [-0.2, -0.15) is 0 Å². The fourth-order valence-electron chi connectivity index (χ4n) is 3.18. The van der Waals surface area contributed by atoms with Gasteiger partial charge in [0.25, 0.3) is 0 Å². The lowest BCUT2D eigenvalue weighted by atomic mass is 10.1. The van der Waals surface area contributed by atoms with Crippen LogP contribution in [0.25, 0.3) is 0 Å². The number of halogens is 1. The van der Waals surface area contributed by atoms with E-state index in [2.05, 4.69) is 0 Å². The number of carbonyl (C=O) groups is 2. The zero-order valence-electron chi connectivity index (χ0n) is 16.8. The molecule has 1 aromatic heterocycles. The van der Waals surface area contributed by atoms with Crippen LogP contribution in [-0.2, 0) is 14.3 Å². The number of aromatic nitrogens is 1. The van der Waals surface area contributed by atoms with Crippen LogP contribution in [0.15, 0.2) is 30.3 Å². The van der Waals surface area contributed by atoms with Crippen molar-refractivity contribution in [3.8, 4) is 5.75 Å². The van der Waals surface area contributed by atoms with Crippen LogP contribution >= 0.6 is 11.6 Å². The van der Waals surface area contributed by atoms with E-state index in [-0.39, 0.29) is 18.4 Å². The number of ether oxygens (including phenoxy) is 3. The third kappa shape index (κ3) is 5.36. The van der Waals surface area contributed by atoms with Crippen LogP contribution in [-0.4, -0.2) is 42.7 Å². The Morgan fingerprint density at radius 3 is 2.54 bits per heavy atom. The smallest absolute Gasteiger partial charge is 0.347 e. The molecule has 28 heavy (non-hydrogen) atoms. The van der Waals surface area contributed by atoms with E-state index < -0.39 is 12.1 Å². The highest BCUT2D eigenvalue weighted by Gasteiger charge is 2.22. The molecule has 1 heterocycles. The van der Waals surface area contributed by atoms with E-state index in [1.165, 1.54) is 0 Å². The first-order valence-corrected chi connectivity index (χ1v) is 9.41. The molecule has 0 fully saturated rings. The van der Waals surface area contributed by atoms with E-state index >= 15 is 0 Å². The van der Waals surface area contributed by atoms with Gasteiger partial charge in [-0.25, -0.2) is 4.79 Å². The molecule has 152 valence electrons. The number of benzene rings is 1. The van der Waals surface area contributed by atoms with E-state index in [1.807, 2.05) is 31.4 Å². The Kier molecular flexibility index (Phi) is 7.66. The van der Waals surface area contributed by atoms with Gasteiger partial charge >= 0.3 is 5.97 Å². The maximum atomic E-state index is 12.6. The summed E-state index contributed by atoms with van der Waals surface area (Å²) in [5, 5.41) is 0.506. The molecule has 0 aliphatic rings. The highest BCUT2D eigenvalue weighted by Crippen LogP contribution is 2.22. The lowest BCUT2D eigenvalue weighted by Crippen LogP contribution is -2.28. The quantitative estimate of drug-likeness (QED) is 0.461. The first kappa shape index (κ1) is 22.0. The van der Waals surface area contributed by atoms with Crippen molar-refractivity contribution in [2.24, 2.45) is 0 Å². The number of aryl methyl sites for hydroxylation is 1. The van der Waals surface area contributed by atoms with Crippen molar-refractivity contribution in [3.63, 3.8) is 0 Å². The Morgan fingerprint density at radius 1 is 1.18 bits per heavy atom. The van der Waals surface area contributed by atoms with E-state index in [0.29, 0.717) is 22.9 Å². The largest absolute Gasteiger partial charge is 0.479 e. The summed E-state index contributed by atoms with van der Waals surface area (Å²) in [6.07, 6.45) is -0.861. The van der Waals surface area contributed by atoms with Crippen molar-refractivity contribution in [2.75, 3.05) is 20.3 Å². The summed E-state index contributed by atoms with van der Waals surface area (Å²) in [6, 6.07) is 8.63. The molecule has 0 radical (unpaired) electrons. The molecule has 2 unspecified atom stereocenters. The van der Waals surface area contributed by atoms with Crippen LogP contribution in [0.5, 0.6) is 5.75 Å². The molecular weight excluding hydrogens is 382 g/mol. The van der Waals surface area contributed by atoms with Gasteiger partial charge in [0.2, 0.25) is 5.78 Å². The van der Waals surface area contributed by atoms with Gasteiger partial charge < -0.3 is 18.8 Å². The lowest BCUT2D eigenvalue weighted by molar-refractivity contribution is -0.149. The van der Waals surface area contributed by atoms with Gasteiger partial charge in [-0.1, -0.05) is 17.7 Å². The van der Waals surface area contributed by atoms with Gasteiger partial charge in [0.15, 0.2) is 12.7 Å². The highest BCUT2D eigenvalue weighted by atomic mass is 35.5. The molecule has 0 spiro atoms. The number of carbonyl (C=O) groups excluding carboxylic acids is 2. The molecule has 0 amide bonds. The van der Waals surface area contributed by atoms with Gasteiger partial charge in [-0.15, -0.1) is 0 Å². The fraction of sp³-hybridized carbons (Fsp3) is 0.429. The summed E-state index contributed by atoms with van der Waals surface area (Å²) in [7, 11) is 1.64. The molecule has 0 saturated carbocycles. The molecule has 0 saturated heterocycles. The molecule has 6 nitrogen and oxygen atoms in total. The van der Waals surface area contributed by atoms with Crippen molar-refractivity contribution in [1.82, 2.24) is 4.57 Å². The molecule has 7 heteroatoms. The number of esters is 1. The molecule has 2 aromatic rings. The van der Waals surface area contributed by atoms with Crippen LogP contribution in [0, 0.1) is 13.8 Å². The Labute approximate surface area is 170 Å². The Balaban J connectivity index is 1.98. The normalized spacial score (nSPS) is 13.1. The minimum atomic E-state index is -0.861. The number of rotatable bonds is 9. The highest BCUT2D eigenvalue weighted by molar-refractivity contribution is 6.30. The molecule has 2 rings (SSSR count). The average Bonchev–Trinajstić information content (AvgIpc) is 2.94. The molecule has 0 bridgehead atoms. The first-order chi connectivity index (χ1) is 13.2. The van der Waals surface area contributed by atoms with Crippen LogP contribution in [0.1, 0.15) is 41.6 Å². The van der Waals surface area contributed by atoms with Gasteiger partial charge in [0.05, 0.1) is 12.6 Å². The number of nitrogens with zero attached hydrogens (tertiary/aromatic N) is 1. The monoisotopic (exact) mass is 407 g/mol. The maximum Gasteiger partial charge on any atom is 0.347 e. The minimum absolute atomic E-state index is 0.0974. The van der Waals surface area contributed by atoms with Gasteiger partial charge in [-0.3, -0.25) is 4.79 Å². The number of hydrogen-bond donors (Lipinski definition) is 0. The van der Waals surface area contributed by atoms with Crippen molar-refractivity contribution in [1.29, 1.82) is 0 Å². The van der Waals surface area contributed by atoms with E-state index in [9.17, 15) is 9.59 Å². The lowest BCUT2D eigenvalue weighted by Gasteiger charge is -2.17. The number of hydrogen-bond acceptors (Lipinski definition) is 5. The molecule has 2 atom stereocenters. The summed E-state index contributed by atoms with van der Waals surface area (Å²) in [4.78, 5) is 24.7. The van der Waals surface area contributed by atoms with Crippen LogP contribution in [0.2, 0.25) is 5.02 Å². The number of Topliss-reactive ketones (excluding diaryl/α,β-unsaturated/α-hetero) is 1. The van der Waals surface area contributed by atoms with Gasteiger partial charge in [0.1, 0.15) is 5.75 Å². The maximum absolute atomic E-state index is 12.6. The van der Waals surface area contributed by atoms with Crippen molar-refractivity contribution >= 4 is 23.4 Å². The van der Waals surface area contributed by atoms with Crippen molar-refractivity contribution in [2.45, 2.75) is 39.8 Å². The van der Waals surface area contributed by atoms with Crippen LogP contribution < -0.4 is 4.74 Å². The zero-order chi connectivity index (χ0) is 20.8. The SMILES string of the molecule is COCC(C)n1c(C)cc(C(=O)COC(=O)C(C)Oc2cccc(Cl)c2)c1C. The summed E-state index contributed by atoms with van der Waals surface area (Å²) < 4.78 is 17.9. The second kappa shape index (κ2) is 9.75. The van der Waals surface area contributed by atoms with Crippen LogP contribution in [0.4, 0.5) is 0 Å². The van der Waals surface area contributed by atoms with Gasteiger partial charge in [-0.05, 0) is 52.0 Å². The molecule has 1 aromatic carbocycles. The fourth-order valence-corrected chi connectivity index (χ4v) is 3.36. The third-order valence-electron chi connectivity index (χ3n) is 4.42. The zero-order valence-corrected chi connectivity index (χ0v) is 17.6.